The molecule has 0 aromatic heterocycles. The third kappa shape index (κ3) is 4.39. The highest BCUT2D eigenvalue weighted by Gasteiger charge is 2.04. The van der Waals surface area contributed by atoms with Gasteiger partial charge < -0.3 is 5.73 Å². The minimum absolute atomic E-state index is 0.265. The molecule has 1 rings (SSSR count). The number of amides is 1. The molecule has 0 bridgehead atoms. The summed E-state index contributed by atoms with van der Waals surface area (Å²) in [5.41, 5.74) is 6.18. The number of rotatable bonds is 5. The number of carbonyl (C=O) groups excluding carboxylic acids is 1. The molecule has 0 radical (unpaired) electrons. The van der Waals surface area contributed by atoms with Crippen molar-refractivity contribution in [2.24, 2.45) is 5.73 Å². The van der Waals surface area contributed by atoms with Crippen LogP contribution in [0.5, 0.6) is 0 Å². The fraction of sp³-hybridized carbons (Fsp3) is 0.364. The smallest absolute Gasteiger partial charge is 0.231 e. The highest BCUT2D eigenvalue weighted by Crippen LogP contribution is 2.22. The van der Waals surface area contributed by atoms with Crippen LogP contribution in [0.1, 0.15) is 5.56 Å². The van der Waals surface area contributed by atoms with E-state index in [4.69, 9.17) is 28.9 Å². The summed E-state index contributed by atoms with van der Waals surface area (Å²) < 4.78 is 0. The molecule has 0 atom stereocenters. The van der Waals surface area contributed by atoms with E-state index in [-0.39, 0.29) is 12.5 Å². The van der Waals surface area contributed by atoms with Crippen LogP contribution in [-0.4, -0.2) is 30.9 Å². The van der Waals surface area contributed by atoms with Gasteiger partial charge in [0.15, 0.2) is 0 Å². The third-order valence-corrected chi connectivity index (χ3v) is 2.93. The summed E-state index contributed by atoms with van der Waals surface area (Å²) in [4.78, 5) is 12.5. The Morgan fingerprint density at radius 3 is 2.62 bits per heavy atom. The first-order valence-corrected chi connectivity index (χ1v) is 5.65. The van der Waals surface area contributed by atoms with Crippen molar-refractivity contribution in [2.45, 2.75) is 6.42 Å². The molecule has 0 aliphatic rings. The van der Waals surface area contributed by atoms with Gasteiger partial charge in [-0.3, -0.25) is 9.69 Å². The second-order valence-electron chi connectivity index (χ2n) is 3.70. The van der Waals surface area contributed by atoms with Crippen molar-refractivity contribution in [2.75, 3.05) is 20.1 Å². The van der Waals surface area contributed by atoms with Crippen LogP contribution in [-0.2, 0) is 11.2 Å². The number of hydrogen-bond acceptors (Lipinski definition) is 2. The van der Waals surface area contributed by atoms with Crippen molar-refractivity contribution >= 4 is 29.1 Å². The van der Waals surface area contributed by atoms with Gasteiger partial charge in [0.05, 0.1) is 16.6 Å². The second-order valence-corrected chi connectivity index (χ2v) is 4.52. The predicted molar refractivity (Wildman–Crippen MR) is 66.9 cm³/mol. The quantitative estimate of drug-likeness (QED) is 0.880. The van der Waals surface area contributed by atoms with Gasteiger partial charge in [-0.2, -0.15) is 0 Å². The molecular weight excluding hydrogens is 247 g/mol. The fourth-order valence-electron chi connectivity index (χ4n) is 1.36. The molecule has 0 saturated heterocycles. The molecule has 2 N–H and O–H groups in total. The van der Waals surface area contributed by atoms with Crippen LogP contribution in [0.15, 0.2) is 18.2 Å². The lowest BCUT2D eigenvalue weighted by molar-refractivity contribution is -0.118. The van der Waals surface area contributed by atoms with Crippen molar-refractivity contribution in [3.05, 3.63) is 33.8 Å². The molecule has 0 fully saturated rings. The molecule has 88 valence electrons. The molecule has 1 aromatic rings. The molecular formula is C11H14Cl2N2O. The summed E-state index contributed by atoms with van der Waals surface area (Å²) in [6.45, 7) is 1.02. The van der Waals surface area contributed by atoms with Gasteiger partial charge in [0.1, 0.15) is 0 Å². The zero-order valence-electron chi connectivity index (χ0n) is 9.04. The van der Waals surface area contributed by atoms with Crippen LogP contribution >= 0.6 is 23.2 Å². The number of halogens is 2. The van der Waals surface area contributed by atoms with Gasteiger partial charge in [-0.1, -0.05) is 29.3 Å². The highest BCUT2D eigenvalue weighted by atomic mass is 35.5. The van der Waals surface area contributed by atoms with Crippen LogP contribution in [0.4, 0.5) is 0 Å². The Kier molecular flexibility index (Phi) is 5.06. The number of primary amides is 1. The van der Waals surface area contributed by atoms with Crippen LogP contribution in [0.2, 0.25) is 10.0 Å². The monoisotopic (exact) mass is 260 g/mol. The summed E-state index contributed by atoms with van der Waals surface area (Å²) >= 11 is 11.7. The highest BCUT2D eigenvalue weighted by molar-refractivity contribution is 6.42. The first kappa shape index (κ1) is 13.3. The average Bonchev–Trinajstić information content (AvgIpc) is 2.19. The van der Waals surface area contributed by atoms with E-state index >= 15 is 0 Å². The number of hydrogen-bond donors (Lipinski definition) is 1. The van der Waals surface area contributed by atoms with Crippen LogP contribution in [0, 0.1) is 0 Å². The molecule has 5 heteroatoms. The summed E-state index contributed by atoms with van der Waals surface area (Å²) in [6, 6.07) is 5.53. The van der Waals surface area contributed by atoms with Crippen molar-refractivity contribution in [1.82, 2.24) is 4.90 Å². The maximum absolute atomic E-state index is 10.7. The van der Waals surface area contributed by atoms with Crippen molar-refractivity contribution in [1.29, 1.82) is 0 Å². The van der Waals surface area contributed by atoms with E-state index in [1.54, 1.807) is 6.07 Å². The van der Waals surface area contributed by atoms with Gasteiger partial charge in [0.25, 0.3) is 0 Å². The van der Waals surface area contributed by atoms with Gasteiger partial charge >= 0.3 is 0 Å². The Labute approximate surface area is 105 Å². The number of carbonyl (C=O) groups is 1. The van der Waals surface area contributed by atoms with Crippen molar-refractivity contribution < 1.29 is 4.79 Å². The van der Waals surface area contributed by atoms with E-state index in [0.717, 1.165) is 18.5 Å². The lowest BCUT2D eigenvalue weighted by Gasteiger charge is -2.14. The third-order valence-electron chi connectivity index (χ3n) is 2.19. The SMILES string of the molecule is CN(CCc1ccc(Cl)c(Cl)c1)CC(N)=O. The van der Waals surface area contributed by atoms with Gasteiger partial charge in [0.2, 0.25) is 5.91 Å². The van der Waals surface area contributed by atoms with E-state index in [1.165, 1.54) is 0 Å². The van der Waals surface area contributed by atoms with E-state index in [9.17, 15) is 4.79 Å². The van der Waals surface area contributed by atoms with E-state index in [0.29, 0.717) is 10.0 Å². The van der Waals surface area contributed by atoms with Gasteiger partial charge in [0, 0.05) is 6.54 Å². The molecule has 0 aliphatic carbocycles. The lowest BCUT2D eigenvalue weighted by atomic mass is 10.1. The Morgan fingerprint density at radius 2 is 2.06 bits per heavy atom. The zero-order valence-corrected chi connectivity index (χ0v) is 10.6. The zero-order chi connectivity index (χ0) is 12.1. The van der Waals surface area contributed by atoms with E-state index in [2.05, 4.69) is 0 Å². The Morgan fingerprint density at radius 1 is 1.38 bits per heavy atom. The molecule has 0 spiro atoms. The number of benzene rings is 1. The normalized spacial score (nSPS) is 10.8. The summed E-state index contributed by atoms with van der Waals surface area (Å²) in [5.74, 6) is -0.323. The summed E-state index contributed by atoms with van der Waals surface area (Å²) in [6.07, 6.45) is 0.806. The molecule has 1 amide bonds. The molecule has 0 unspecified atom stereocenters. The molecule has 16 heavy (non-hydrogen) atoms. The Bertz CT molecular complexity index is 382. The minimum atomic E-state index is -0.323. The maximum Gasteiger partial charge on any atom is 0.231 e. The first-order valence-electron chi connectivity index (χ1n) is 4.90. The molecule has 0 heterocycles. The van der Waals surface area contributed by atoms with Crippen molar-refractivity contribution in [3.8, 4) is 0 Å². The molecule has 0 saturated carbocycles. The fourth-order valence-corrected chi connectivity index (χ4v) is 1.68. The average molecular weight is 261 g/mol. The van der Waals surface area contributed by atoms with Gasteiger partial charge in [-0.25, -0.2) is 0 Å². The van der Waals surface area contributed by atoms with Gasteiger partial charge in [-0.05, 0) is 31.2 Å². The Balaban J connectivity index is 2.48. The lowest BCUT2D eigenvalue weighted by Crippen LogP contribution is -2.32. The van der Waals surface area contributed by atoms with E-state index in [1.807, 2.05) is 24.1 Å². The minimum Gasteiger partial charge on any atom is -0.369 e. The maximum atomic E-state index is 10.7. The number of likely N-dealkylation sites (N-methyl/N-ethyl adjacent to an activating group) is 1. The topological polar surface area (TPSA) is 46.3 Å². The van der Waals surface area contributed by atoms with Crippen LogP contribution in [0.25, 0.3) is 0 Å². The summed E-state index contributed by atoms with van der Waals surface area (Å²) in [5, 5.41) is 1.10. The Hall–Kier alpha value is -0.770. The molecule has 3 nitrogen and oxygen atoms in total. The number of nitrogens with zero attached hydrogens (tertiary/aromatic N) is 1. The predicted octanol–water partition coefficient (Wildman–Crippen LogP) is 1.95. The second kappa shape index (κ2) is 6.09. The summed E-state index contributed by atoms with van der Waals surface area (Å²) in [7, 11) is 1.85. The van der Waals surface area contributed by atoms with Crippen molar-refractivity contribution in [3.63, 3.8) is 0 Å². The van der Waals surface area contributed by atoms with Gasteiger partial charge in [-0.15, -0.1) is 0 Å². The number of nitrogens with two attached hydrogens (primary N) is 1. The first-order chi connectivity index (χ1) is 7.49. The van der Waals surface area contributed by atoms with E-state index < -0.39 is 0 Å². The van der Waals surface area contributed by atoms with Crippen LogP contribution < -0.4 is 5.73 Å². The van der Waals surface area contributed by atoms with Crippen LogP contribution in [0.3, 0.4) is 0 Å². The largest absolute Gasteiger partial charge is 0.369 e. The standard InChI is InChI=1S/C11H14Cl2N2O/c1-15(7-11(14)16)5-4-8-2-3-9(12)10(13)6-8/h2-3,6H,4-5,7H2,1H3,(H2,14,16). The molecule has 1 aromatic carbocycles. The molecule has 0 aliphatic heterocycles.